The molecule has 1 amide bonds. The average Bonchev–Trinajstić information content (AvgIpc) is 2.40. The Bertz CT molecular complexity index is 317. The standard InChI is InChI=1S/C6H5N3OS/c10-5-4-6(9-3-8-4)11-2-1-7-5/h1,3H,2H2,(H,8,9). The van der Waals surface area contributed by atoms with Crippen molar-refractivity contribution in [3.05, 3.63) is 12.0 Å². The third-order valence-corrected chi connectivity index (χ3v) is 2.22. The predicted octanol–water partition coefficient (Wildman–Crippen LogP) is 0.726. The Hall–Kier alpha value is -1.10. The largest absolute Gasteiger partial charge is 0.340 e. The van der Waals surface area contributed by atoms with E-state index in [2.05, 4.69) is 15.0 Å². The second kappa shape index (κ2) is 2.50. The molecular weight excluding hydrogens is 162 g/mol. The number of aliphatic imine (C=N–C) groups is 1. The lowest BCUT2D eigenvalue weighted by atomic mass is 10.4. The van der Waals surface area contributed by atoms with Gasteiger partial charge in [0, 0.05) is 12.0 Å². The quantitative estimate of drug-likeness (QED) is 0.619. The van der Waals surface area contributed by atoms with Crippen LogP contribution in [0.15, 0.2) is 16.3 Å². The lowest BCUT2D eigenvalue weighted by molar-refractivity contribution is 0.0996. The number of carbonyl (C=O) groups excluding carboxylic acids is 1. The molecule has 0 aromatic carbocycles. The van der Waals surface area contributed by atoms with E-state index in [1.54, 1.807) is 6.21 Å². The smallest absolute Gasteiger partial charge is 0.295 e. The topological polar surface area (TPSA) is 58.1 Å². The summed E-state index contributed by atoms with van der Waals surface area (Å²) in [4.78, 5) is 21.5. The zero-order valence-electron chi connectivity index (χ0n) is 5.57. The van der Waals surface area contributed by atoms with E-state index in [0.29, 0.717) is 11.4 Å². The number of H-pyrrole nitrogens is 1. The van der Waals surface area contributed by atoms with Crippen LogP contribution in [0.2, 0.25) is 0 Å². The molecule has 0 fully saturated rings. The molecule has 56 valence electrons. The molecule has 0 aliphatic carbocycles. The van der Waals surface area contributed by atoms with Crippen molar-refractivity contribution >= 4 is 23.9 Å². The number of nitrogens with one attached hydrogen (secondary N) is 1. The molecule has 0 atom stereocenters. The lowest BCUT2D eigenvalue weighted by Crippen LogP contribution is -1.94. The molecule has 0 saturated heterocycles. The highest BCUT2D eigenvalue weighted by Gasteiger charge is 2.15. The number of fused-ring (bicyclic) bond motifs is 1. The molecule has 0 saturated carbocycles. The highest BCUT2D eigenvalue weighted by atomic mass is 32.2. The van der Waals surface area contributed by atoms with Gasteiger partial charge in [0.15, 0.2) is 0 Å². The molecule has 11 heavy (non-hydrogen) atoms. The molecule has 5 heteroatoms. The summed E-state index contributed by atoms with van der Waals surface area (Å²) in [5.41, 5.74) is 0.503. The molecule has 4 nitrogen and oxygen atoms in total. The van der Waals surface area contributed by atoms with E-state index < -0.39 is 0 Å². The Morgan fingerprint density at radius 3 is 3.45 bits per heavy atom. The molecule has 0 radical (unpaired) electrons. The number of amides is 1. The fourth-order valence-electron chi connectivity index (χ4n) is 0.845. The summed E-state index contributed by atoms with van der Waals surface area (Å²) < 4.78 is 0. The van der Waals surface area contributed by atoms with E-state index in [0.717, 1.165) is 5.03 Å². The number of carbonyl (C=O) groups is 1. The minimum atomic E-state index is -0.234. The second-order valence-electron chi connectivity index (χ2n) is 2.01. The third-order valence-electron chi connectivity index (χ3n) is 1.32. The van der Waals surface area contributed by atoms with Gasteiger partial charge in [0.05, 0.1) is 6.33 Å². The number of imidazole rings is 1. The van der Waals surface area contributed by atoms with Crippen LogP contribution >= 0.6 is 11.8 Å². The van der Waals surface area contributed by atoms with E-state index in [9.17, 15) is 4.79 Å². The summed E-state index contributed by atoms with van der Waals surface area (Å²) in [6, 6.07) is 0. The first kappa shape index (κ1) is 6.60. The van der Waals surface area contributed by atoms with Crippen molar-refractivity contribution < 1.29 is 4.79 Å². The molecule has 1 aromatic heterocycles. The normalized spacial score (nSPS) is 16.2. The van der Waals surface area contributed by atoms with Crippen molar-refractivity contribution in [2.45, 2.75) is 5.03 Å². The van der Waals surface area contributed by atoms with Crippen LogP contribution in [0.4, 0.5) is 0 Å². The van der Waals surface area contributed by atoms with Crippen LogP contribution in [0, 0.1) is 0 Å². The van der Waals surface area contributed by atoms with Crippen molar-refractivity contribution in [3.8, 4) is 0 Å². The summed E-state index contributed by atoms with van der Waals surface area (Å²) in [7, 11) is 0. The van der Waals surface area contributed by atoms with Gasteiger partial charge in [-0.2, -0.15) is 0 Å². The number of thioether (sulfide) groups is 1. The van der Waals surface area contributed by atoms with Gasteiger partial charge >= 0.3 is 0 Å². The first-order valence-corrected chi connectivity index (χ1v) is 4.09. The molecule has 1 N–H and O–H groups in total. The Morgan fingerprint density at radius 1 is 1.64 bits per heavy atom. The fraction of sp³-hybridized carbons (Fsp3) is 0.167. The molecule has 1 aliphatic rings. The van der Waals surface area contributed by atoms with Crippen LogP contribution in [0.5, 0.6) is 0 Å². The van der Waals surface area contributed by atoms with E-state index in [-0.39, 0.29) is 5.91 Å². The number of nitrogens with zero attached hydrogens (tertiary/aromatic N) is 2. The number of aromatic amines is 1. The van der Waals surface area contributed by atoms with E-state index in [4.69, 9.17) is 0 Å². The molecule has 0 unspecified atom stereocenters. The fourth-order valence-corrected chi connectivity index (χ4v) is 1.57. The monoisotopic (exact) mass is 167 g/mol. The minimum Gasteiger partial charge on any atom is -0.340 e. The second-order valence-corrected chi connectivity index (χ2v) is 3.02. The maximum Gasteiger partial charge on any atom is 0.295 e. The Morgan fingerprint density at radius 2 is 2.55 bits per heavy atom. The summed E-state index contributed by atoms with van der Waals surface area (Å²) in [5, 5.41) is 0.743. The summed E-state index contributed by atoms with van der Waals surface area (Å²) in [5.74, 6) is 0.478. The van der Waals surface area contributed by atoms with Gasteiger partial charge in [0.25, 0.3) is 5.91 Å². The molecule has 0 bridgehead atoms. The molecule has 2 heterocycles. The van der Waals surface area contributed by atoms with Crippen LogP contribution < -0.4 is 0 Å². The van der Waals surface area contributed by atoms with E-state index in [1.165, 1.54) is 18.1 Å². The van der Waals surface area contributed by atoms with Crippen LogP contribution in [0.3, 0.4) is 0 Å². The van der Waals surface area contributed by atoms with Gasteiger partial charge in [0.1, 0.15) is 10.7 Å². The van der Waals surface area contributed by atoms with Crippen molar-refractivity contribution in [2.75, 3.05) is 5.75 Å². The van der Waals surface area contributed by atoms with Gasteiger partial charge in [-0.15, -0.1) is 0 Å². The van der Waals surface area contributed by atoms with Gasteiger partial charge < -0.3 is 4.98 Å². The Kier molecular flexibility index (Phi) is 1.50. The van der Waals surface area contributed by atoms with Crippen LogP contribution in [0.25, 0.3) is 0 Å². The van der Waals surface area contributed by atoms with Crippen LogP contribution in [0.1, 0.15) is 10.5 Å². The predicted molar refractivity (Wildman–Crippen MR) is 42.1 cm³/mol. The van der Waals surface area contributed by atoms with E-state index >= 15 is 0 Å². The first-order valence-electron chi connectivity index (χ1n) is 3.11. The Labute approximate surface area is 67.1 Å². The summed E-state index contributed by atoms with van der Waals surface area (Å²) >= 11 is 1.51. The highest BCUT2D eigenvalue weighted by molar-refractivity contribution is 7.99. The van der Waals surface area contributed by atoms with Crippen LogP contribution in [-0.4, -0.2) is 27.8 Å². The van der Waals surface area contributed by atoms with Crippen LogP contribution in [-0.2, 0) is 0 Å². The average molecular weight is 167 g/mol. The first-order chi connectivity index (χ1) is 5.38. The molecule has 2 rings (SSSR count). The number of hydrogen-bond acceptors (Lipinski definition) is 3. The van der Waals surface area contributed by atoms with Gasteiger partial charge in [-0.3, -0.25) is 4.79 Å². The number of rotatable bonds is 0. The molecule has 0 spiro atoms. The van der Waals surface area contributed by atoms with Crippen molar-refractivity contribution in [1.29, 1.82) is 0 Å². The zero-order chi connectivity index (χ0) is 7.68. The van der Waals surface area contributed by atoms with Gasteiger partial charge in [0.2, 0.25) is 0 Å². The zero-order valence-corrected chi connectivity index (χ0v) is 6.39. The minimum absolute atomic E-state index is 0.234. The molecule has 1 aromatic rings. The van der Waals surface area contributed by atoms with Gasteiger partial charge in [-0.05, 0) is 0 Å². The highest BCUT2D eigenvalue weighted by Crippen LogP contribution is 2.20. The maximum absolute atomic E-state index is 11.1. The van der Waals surface area contributed by atoms with Gasteiger partial charge in [-0.25, -0.2) is 9.98 Å². The molecule has 1 aliphatic heterocycles. The lowest BCUT2D eigenvalue weighted by Gasteiger charge is -1.89. The Balaban J connectivity index is 2.51. The maximum atomic E-state index is 11.1. The van der Waals surface area contributed by atoms with Crippen molar-refractivity contribution in [3.63, 3.8) is 0 Å². The van der Waals surface area contributed by atoms with Crippen molar-refractivity contribution in [2.24, 2.45) is 4.99 Å². The summed E-state index contributed by atoms with van der Waals surface area (Å²) in [6.45, 7) is 0. The van der Waals surface area contributed by atoms with Gasteiger partial charge in [-0.1, -0.05) is 11.8 Å². The number of hydrogen-bond donors (Lipinski definition) is 1. The number of aromatic nitrogens is 2. The summed E-state index contributed by atoms with van der Waals surface area (Å²) in [6.07, 6.45) is 3.11. The van der Waals surface area contributed by atoms with Crippen molar-refractivity contribution in [1.82, 2.24) is 9.97 Å². The van der Waals surface area contributed by atoms with E-state index in [1.807, 2.05) is 0 Å². The SMILES string of the molecule is O=C1N=CCSc2nc[nH]c21. The third kappa shape index (κ3) is 1.07. The molecular formula is C6H5N3OS.